The van der Waals surface area contributed by atoms with E-state index in [0.717, 1.165) is 55.4 Å². The van der Waals surface area contributed by atoms with Crippen LogP contribution in [0.1, 0.15) is 50.5 Å². The molecule has 0 radical (unpaired) electrons. The summed E-state index contributed by atoms with van der Waals surface area (Å²) in [6, 6.07) is 6.69. The highest BCUT2D eigenvalue weighted by Gasteiger charge is 2.24. The predicted molar refractivity (Wildman–Crippen MR) is 117 cm³/mol. The van der Waals surface area contributed by atoms with Crippen molar-refractivity contribution in [3.8, 4) is 5.75 Å². The van der Waals surface area contributed by atoms with Crippen molar-refractivity contribution in [3.63, 3.8) is 0 Å². The van der Waals surface area contributed by atoms with E-state index in [1.807, 2.05) is 18.3 Å². The number of aromatic nitrogens is 1. The zero-order valence-corrected chi connectivity index (χ0v) is 17.5. The van der Waals surface area contributed by atoms with Gasteiger partial charge in [0.15, 0.2) is 0 Å². The summed E-state index contributed by atoms with van der Waals surface area (Å²) in [5, 5.41) is 7.50. The lowest BCUT2D eigenvalue weighted by Gasteiger charge is -2.35. The van der Waals surface area contributed by atoms with Crippen LogP contribution in [0, 0.1) is 6.92 Å². The molecule has 29 heavy (non-hydrogen) atoms. The van der Waals surface area contributed by atoms with Crippen molar-refractivity contribution in [3.05, 3.63) is 30.0 Å². The fourth-order valence-electron chi connectivity index (χ4n) is 4.77. The summed E-state index contributed by atoms with van der Waals surface area (Å²) in [5.41, 5.74) is 3.31. The fourth-order valence-corrected chi connectivity index (χ4v) is 4.77. The van der Waals surface area contributed by atoms with Crippen molar-refractivity contribution >= 4 is 22.6 Å². The number of rotatable bonds is 4. The summed E-state index contributed by atoms with van der Waals surface area (Å²) < 4.78 is 5.50. The van der Waals surface area contributed by atoms with Gasteiger partial charge in [-0.1, -0.05) is 31.4 Å². The summed E-state index contributed by atoms with van der Waals surface area (Å²) in [4.78, 5) is 19.4. The number of nitrogens with one attached hydrogen (secondary N) is 2. The molecule has 0 unspecified atom stereocenters. The first-order valence-electron chi connectivity index (χ1n) is 10.9. The maximum absolute atomic E-state index is 12.4. The van der Waals surface area contributed by atoms with Crippen molar-refractivity contribution in [1.82, 2.24) is 15.6 Å². The van der Waals surface area contributed by atoms with Crippen LogP contribution >= 0.6 is 0 Å². The molecule has 0 bridgehead atoms. The molecule has 1 aromatic carbocycles. The topological polar surface area (TPSA) is 66.5 Å². The van der Waals surface area contributed by atoms with Gasteiger partial charge in [0.1, 0.15) is 11.3 Å². The maximum atomic E-state index is 12.4. The molecule has 6 heteroatoms. The van der Waals surface area contributed by atoms with Crippen LogP contribution in [0.15, 0.2) is 24.4 Å². The van der Waals surface area contributed by atoms with E-state index in [2.05, 4.69) is 33.5 Å². The molecule has 1 aliphatic heterocycles. The number of carbonyl (C=O) groups is 1. The van der Waals surface area contributed by atoms with Gasteiger partial charge in [0.05, 0.1) is 12.8 Å². The molecule has 1 aromatic heterocycles. The number of para-hydroxylation sites is 1. The second-order valence-electron chi connectivity index (χ2n) is 8.36. The molecule has 2 amide bonds. The molecular formula is C23H32N4O2. The SMILES string of the molecule is COc1cccc2c(N3CCC(NC(=O)NC4CCCCC4)CC3)c(C)cnc12. The van der Waals surface area contributed by atoms with Crippen LogP contribution in [-0.2, 0) is 0 Å². The summed E-state index contributed by atoms with van der Waals surface area (Å²) in [7, 11) is 1.69. The Hall–Kier alpha value is -2.50. The normalized spacial score (nSPS) is 18.6. The smallest absolute Gasteiger partial charge is 0.315 e. The summed E-state index contributed by atoms with van der Waals surface area (Å²) >= 11 is 0. The van der Waals surface area contributed by atoms with E-state index in [1.54, 1.807) is 7.11 Å². The number of urea groups is 1. The number of carbonyl (C=O) groups excluding carboxylic acids is 1. The molecule has 0 atom stereocenters. The number of amides is 2. The lowest BCUT2D eigenvalue weighted by Crippen LogP contribution is -2.50. The van der Waals surface area contributed by atoms with Gasteiger partial charge in [-0.2, -0.15) is 0 Å². The number of benzene rings is 1. The summed E-state index contributed by atoms with van der Waals surface area (Å²) in [6.07, 6.45) is 9.82. The van der Waals surface area contributed by atoms with E-state index in [0.29, 0.717) is 6.04 Å². The second-order valence-corrected chi connectivity index (χ2v) is 8.36. The molecule has 2 aromatic rings. The van der Waals surface area contributed by atoms with E-state index < -0.39 is 0 Å². The van der Waals surface area contributed by atoms with Gasteiger partial charge in [-0.3, -0.25) is 4.98 Å². The van der Waals surface area contributed by atoms with Gasteiger partial charge in [-0.05, 0) is 44.2 Å². The predicted octanol–water partition coefficient (Wildman–Crippen LogP) is 4.15. The van der Waals surface area contributed by atoms with Crippen LogP contribution in [-0.4, -0.2) is 43.3 Å². The fraction of sp³-hybridized carbons (Fsp3) is 0.565. The van der Waals surface area contributed by atoms with Gasteiger partial charge in [-0.25, -0.2) is 4.79 Å². The molecule has 1 saturated heterocycles. The van der Waals surface area contributed by atoms with Crippen LogP contribution in [0.3, 0.4) is 0 Å². The average molecular weight is 397 g/mol. The van der Waals surface area contributed by atoms with Gasteiger partial charge in [0.25, 0.3) is 0 Å². The molecule has 2 N–H and O–H groups in total. The van der Waals surface area contributed by atoms with Crippen molar-refractivity contribution < 1.29 is 9.53 Å². The van der Waals surface area contributed by atoms with Gasteiger partial charge < -0.3 is 20.3 Å². The van der Waals surface area contributed by atoms with E-state index in [4.69, 9.17) is 4.74 Å². The minimum absolute atomic E-state index is 0.00521. The number of hydrogen-bond acceptors (Lipinski definition) is 4. The highest BCUT2D eigenvalue weighted by Crippen LogP contribution is 2.34. The van der Waals surface area contributed by atoms with Crippen molar-refractivity contribution in [2.45, 2.75) is 64.0 Å². The number of ether oxygens (including phenoxy) is 1. The Balaban J connectivity index is 1.39. The zero-order valence-electron chi connectivity index (χ0n) is 17.5. The largest absolute Gasteiger partial charge is 0.494 e. The number of nitrogens with zero attached hydrogens (tertiary/aromatic N) is 2. The molecule has 2 fully saturated rings. The van der Waals surface area contributed by atoms with E-state index in [1.165, 1.54) is 30.5 Å². The van der Waals surface area contributed by atoms with Gasteiger partial charge in [0.2, 0.25) is 0 Å². The Bertz CT molecular complexity index is 855. The average Bonchev–Trinajstić information content (AvgIpc) is 2.74. The number of aryl methyl sites for hydroxylation is 1. The number of piperidine rings is 1. The summed E-state index contributed by atoms with van der Waals surface area (Å²) in [5.74, 6) is 0.805. The van der Waals surface area contributed by atoms with Crippen LogP contribution < -0.4 is 20.3 Å². The van der Waals surface area contributed by atoms with Gasteiger partial charge in [0, 0.05) is 36.8 Å². The highest BCUT2D eigenvalue weighted by molar-refractivity contribution is 5.96. The van der Waals surface area contributed by atoms with Crippen LogP contribution in [0.5, 0.6) is 5.75 Å². The number of fused-ring (bicyclic) bond motifs is 1. The number of methoxy groups -OCH3 is 1. The van der Waals surface area contributed by atoms with E-state index in [9.17, 15) is 4.79 Å². The quantitative estimate of drug-likeness (QED) is 0.815. The number of anilines is 1. The second kappa shape index (κ2) is 8.89. The highest BCUT2D eigenvalue weighted by atomic mass is 16.5. The Morgan fingerprint density at radius 2 is 1.76 bits per heavy atom. The lowest BCUT2D eigenvalue weighted by molar-refractivity contribution is 0.226. The first kappa shape index (κ1) is 19.8. The Labute approximate surface area is 173 Å². The van der Waals surface area contributed by atoms with Gasteiger partial charge >= 0.3 is 6.03 Å². The van der Waals surface area contributed by atoms with E-state index >= 15 is 0 Å². The maximum Gasteiger partial charge on any atom is 0.315 e. The standard InChI is InChI=1S/C23H32N4O2/c1-16-15-24-21-19(9-6-10-20(21)29-2)22(16)27-13-11-18(12-14-27)26-23(28)25-17-7-4-3-5-8-17/h6,9-10,15,17-18H,3-5,7-8,11-14H2,1-2H3,(H2,25,26,28). The van der Waals surface area contributed by atoms with Crippen molar-refractivity contribution in [2.24, 2.45) is 0 Å². The molecule has 0 spiro atoms. The van der Waals surface area contributed by atoms with Gasteiger partial charge in [-0.15, -0.1) is 0 Å². The van der Waals surface area contributed by atoms with Crippen LogP contribution in [0.25, 0.3) is 10.9 Å². The molecule has 156 valence electrons. The third kappa shape index (κ3) is 4.41. The molecule has 2 heterocycles. The Morgan fingerprint density at radius 1 is 1.07 bits per heavy atom. The van der Waals surface area contributed by atoms with E-state index in [-0.39, 0.29) is 12.1 Å². The molecule has 1 aliphatic carbocycles. The first-order chi connectivity index (χ1) is 14.2. The Morgan fingerprint density at radius 3 is 2.45 bits per heavy atom. The third-order valence-corrected chi connectivity index (χ3v) is 6.32. The van der Waals surface area contributed by atoms with Crippen molar-refractivity contribution in [2.75, 3.05) is 25.1 Å². The van der Waals surface area contributed by atoms with Crippen LogP contribution in [0.2, 0.25) is 0 Å². The third-order valence-electron chi connectivity index (χ3n) is 6.32. The molecule has 4 rings (SSSR count). The van der Waals surface area contributed by atoms with Crippen molar-refractivity contribution in [1.29, 1.82) is 0 Å². The molecule has 2 aliphatic rings. The Kier molecular flexibility index (Phi) is 6.07. The minimum Gasteiger partial charge on any atom is -0.494 e. The first-order valence-corrected chi connectivity index (χ1v) is 10.9. The molecular weight excluding hydrogens is 364 g/mol. The lowest BCUT2D eigenvalue weighted by atomic mass is 9.96. The van der Waals surface area contributed by atoms with Crippen LogP contribution in [0.4, 0.5) is 10.5 Å². The zero-order chi connectivity index (χ0) is 20.2. The minimum atomic E-state index is 0.00521. The summed E-state index contributed by atoms with van der Waals surface area (Å²) in [6.45, 7) is 3.96. The molecule has 1 saturated carbocycles. The number of pyridine rings is 1. The molecule has 6 nitrogen and oxygen atoms in total. The monoisotopic (exact) mass is 396 g/mol. The number of hydrogen-bond donors (Lipinski definition) is 2.